The molecule has 1 aromatic heterocycles. The first-order valence-corrected chi connectivity index (χ1v) is 11.0. The number of rotatable bonds is 5. The molecule has 0 aliphatic carbocycles. The maximum absolute atomic E-state index is 12.9. The summed E-state index contributed by atoms with van der Waals surface area (Å²) < 4.78 is 0. The maximum Gasteiger partial charge on any atom is 0.259 e. The van der Waals surface area contributed by atoms with E-state index in [4.69, 9.17) is 0 Å². The van der Waals surface area contributed by atoms with E-state index in [2.05, 4.69) is 22.4 Å². The lowest BCUT2D eigenvalue weighted by Gasteiger charge is -2.18. The average molecular weight is 434 g/mol. The highest BCUT2D eigenvalue weighted by molar-refractivity contribution is 6.07. The molecule has 4 aromatic rings. The predicted octanol–water partition coefficient (Wildman–Crippen LogP) is 5.13. The highest BCUT2D eigenvalue weighted by Crippen LogP contribution is 2.32. The molecular formula is C28H23N3O2. The van der Waals surface area contributed by atoms with Crippen LogP contribution >= 0.6 is 0 Å². The van der Waals surface area contributed by atoms with Crippen molar-refractivity contribution in [3.05, 3.63) is 114 Å². The zero-order valence-corrected chi connectivity index (χ0v) is 18.1. The summed E-state index contributed by atoms with van der Waals surface area (Å²) in [4.78, 5) is 31.4. The second-order valence-corrected chi connectivity index (χ2v) is 8.08. The Balaban J connectivity index is 1.27. The first kappa shape index (κ1) is 20.6. The van der Waals surface area contributed by atoms with Gasteiger partial charge in [0.05, 0.1) is 12.0 Å². The molecule has 0 fully saturated rings. The standard InChI is InChI=1S/C28H23N3O2/c32-27(17-20-8-10-22(11-9-20)21-5-2-1-3-6-21)30-25-13-12-23-14-16-31(26(23)18-25)28(33)24-7-4-15-29-19-24/h1-13,15,18-19H,14,16-17H2,(H,30,32). The Labute approximate surface area is 192 Å². The monoisotopic (exact) mass is 433 g/mol. The number of carbonyl (C=O) groups is 2. The van der Waals surface area contributed by atoms with Crippen molar-refractivity contribution >= 4 is 23.2 Å². The molecule has 2 heterocycles. The number of pyridine rings is 1. The van der Waals surface area contributed by atoms with Gasteiger partial charge in [0.2, 0.25) is 5.91 Å². The van der Waals surface area contributed by atoms with Gasteiger partial charge in [-0.25, -0.2) is 0 Å². The van der Waals surface area contributed by atoms with Crippen LogP contribution in [0.1, 0.15) is 21.5 Å². The molecule has 0 saturated carbocycles. The molecule has 0 unspecified atom stereocenters. The molecule has 1 aliphatic rings. The van der Waals surface area contributed by atoms with Gasteiger partial charge in [-0.3, -0.25) is 14.6 Å². The van der Waals surface area contributed by atoms with Crippen LogP contribution in [0.15, 0.2) is 97.3 Å². The molecule has 3 aromatic carbocycles. The minimum absolute atomic E-state index is 0.0798. The summed E-state index contributed by atoms with van der Waals surface area (Å²) in [6, 6.07) is 27.5. The maximum atomic E-state index is 12.9. The highest BCUT2D eigenvalue weighted by Gasteiger charge is 2.26. The third-order valence-corrected chi connectivity index (χ3v) is 5.84. The lowest BCUT2D eigenvalue weighted by Crippen LogP contribution is -2.29. The number of anilines is 2. The van der Waals surface area contributed by atoms with Gasteiger partial charge >= 0.3 is 0 Å². The molecule has 0 spiro atoms. The van der Waals surface area contributed by atoms with E-state index in [0.29, 0.717) is 17.8 Å². The summed E-state index contributed by atoms with van der Waals surface area (Å²) in [5.74, 6) is -0.172. The second-order valence-electron chi connectivity index (χ2n) is 8.08. The molecule has 2 amide bonds. The normalized spacial score (nSPS) is 12.3. The van der Waals surface area contributed by atoms with Crippen LogP contribution in [-0.4, -0.2) is 23.3 Å². The zero-order valence-electron chi connectivity index (χ0n) is 18.1. The van der Waals surface area contributed by atoms with Crippen molar-refractivity contribution in [1.82, 2.24) is 4.98 Å². The fraction of sp³-hybridized carbons (Fsp3) is 0.107. The lowest BCUT2D eigenvalue weighted by atomic mass is 10.0. The van der Waals surface area contributed by atoms with E-state index in [-0.39, 0.29) is 18.2 Å². The van der Waals surface area contributed by atoms with Crippen molar-refractivity contribution in [3.63, 3.8) is 0 Å². The average Bonchev–Trinajstić information content (AvgIpc) is 3.28. The van der Waals surface area contributed by atoms with Crippen molar-refractivity contribution in [2.75, 3.05) is 16.8 Å². The van der Waals surface area contributed by atoms with Crippen LogP contribution < -0.4 is 10.2 Å². The summed E-state index contributed by atoms with van der Waals surface area (Å²) in [5, 5.41) is 2.98. The Kier molecular flexibility index (Phi) is 5.68. The van der Waals surface area contributed by atoms with Gasteiger partial charge in [-0.15, -0.1) is 0 Å². The van der Waals surface area contributed by atoms with Gasteiger partial charge in [-0.2, -0.15) is 0 Å². The van der Waals surface area contributed by atoms with Gasteiger partial charge in [0.1, 0.15) is 0 Å². The van der Waals surface area contributed by atoms with E-state index < -0.39 is 0 Å². The second kappa shape index (κ2) is 9.09. The number of benzene rings is 3. The van der Waals surface area contributed by atoms with Gasteiger partial charge in [-0.05, 0) is 52.9 Å². The van der Waals surface area contributed by atoms with Crippen molar-refractivity contribution in [3.8, 4) is 11.1 Å². The van der Waals surface area contributed by atoms with Crippen LogP contribution in [0.3, 0.4) is 0 Å². The molecule has 5 heteroatoms. The largest absolute Gasteiger partial charge is 0.326 e. The Bertz CT molecular complexity index is 1290. The number of carbonyl (C=O) groups excluding carboxylic acids is 2. The van der Waals surface area contributed by atoms with Gasteiger partial charge < -0.3 is 10.2 Å². The third-order valence-electron chi connectivity index (χ3n) is 5.84. The van der Waals surface area contributed by atoms with Crippen LogP contribution in [-0.2, 0) is 17.6 Å². The van der Waals surface area contributed by atoms with Crippen molar-refractivity contribution in [2.24, 2.45) is 0 Å². The minimum atomic E-state index is -0.0921. The van der Waals surface area contributed by atoms with E-state index in [9.17, 15) is 9.59 Å². The molecule has 33 heavy (non-hydrogen) atoms. The first-order chi connectivity index (χ1) is 16.2. The number of hydrogen-bond donors (Lipinski definition) is 1. The SMILES string of the molecule is O=C(Cc1ccc(-c2ccccc2)cc1)Nc1ccc2c(c1)N(C(=O)c1cccnc1)CC2. The predicted molar refractivity (Wildman–Crippen MR) is 130 cm³/mol. The summed E-state index contributed by atoms with van der Waals surface area (Å²) in [7, 11) is 0. The van der Waals surface area contributed by atoms with E-state index in [0.717, 1.165) is 34.4 Å². The van der Waals surface area contributed by atoms with E-state index >= 15 is 0 Å². The molecule has 1 N–H and O–H groups in total. The molecule has 0 radical (unpaired) electrons. The molecule has 0 atom stereocenters. The smallest absolute Gasteiger partial charge is 0.259 e. The summed E-state index contributed by atoms with van der Waals surface area (Å²) >= 11 is 0. The zero-order chi connectivity index (χ0) is 22.6. The molecule has 0 saturated heterocycles. The Morgan fingerprint density at radius 2 is 1.67 bits per heavy atom. The van der Waals surface area contributed by atoms with Crippen LogP contribution in [0.2, 0.25) is 0 Å². The van der Waals surface area contributed by atoms with Crippen LogP contribution in [0.5, 0.6) is 0 Å². The number of hydrogen-bond acceptors (Lipinski definition) is 3. The number of amides is 2. The molecule has 5 nitrogen and oxygen atoms in total. The Morgan fingerprint density at radius 1 is 0.879 bits per heavy atom. The van der Waals surface area contributed by atoms with E-state index in [1.807, 2.05) is 60.7 Å². The van der Waals surface area contributed by atoms with Gasteiger partial charge in [-0.1, -0.05) is 60.7 Å². The van der Waals surface area contributed by atoms with Crippen molar-refractivity contribution in [2.45, 2.75) is 12.8 Å². The number of nitrogens with zero attached hydrogens (tertiary/aromatic N) is 2. The Hall–Kier alpha value is -4.25. The molecular weight excluding hydrogens is 410 g/mol. The summed E-state index contributed by atoms with van der Waals surface area (Å²) in [5.41, 5.74) is 6.40. The fourth-order valence-corrected chi connectivity index (χ4v) is 4.15. The van der Waals surface area contributed by atoms with Crippen LogP contribution in [0.4, 0.5) is 11.4 Å². The summed E-state index contributed by atoms with van der Waals surface area (Å²) in [6.45, 7) is 0.619. The van der Waals surface area contributed by atoms with Crippen molar-refractivity contribution in [1.29, 1.82) is 0 Å². The molecule has 162 valence electrons. The van der Waals surface area contributed by atoms with E-state index in [1.54, 1.807) is 29.4 Å². The quantitative estimate of drug-likeness (QED) is 0.474. The number of aromatic nitrogens is 1. The van der Waals surface area contributed by atoms with Crippen LogP contribution in [0, 0.1) is 0 Å². The lowest BCUT2D eigenvalue weighted by molar-refractivity contribution is -0.115. The molecule has 0 bridgehead atoms. The van der Waals surface area contributed by atoms with Gasteiger partial charge in [0.25, 0.3) is 5.91 Å². The van der Waals surface area contributed by atoms with Gasteiger partial charge in [0.15, 0.2) is 0 Å². The fourth-order valence-electron chi connectivity index (χ4n) is 4.15. The topological polar surface area (TPSA) is 62.3 Å². The highest BCUT2D eigenvalue weighted by atomic mass is 16.2. The summed E-state index contributed by atoms with van der Waals surface area (Å²) in [6.07, 6.45) is 4.31. The van der Waals surface area contributed by atoms with E-state index in [1.165, 1.54) is 0 Å². The minimum Gasteiger partial charge on any atom is -0.326 e. The van der Waals surface area contributed by atoms with Crippen LogP contribution in [0.25, 0.3) is 11.1 Å². The van der Waals surface area contributed by atoms with Crippen molar-refractivity contribution < 1.29 is 9.59 Å². The first-order valence-electron chi connectivity index (χ1n) is 11.0. The van der Waals surface area contributed by atoms with Gasteiger partial charge in [0, 0.05) is 30.3 Å². The molecule has 1 aliphatic heterocycles. The number of fused-ring (bicyclic) bond motifs is 1. The third kappa shape index (κ3) is 4.53. The molecule has 5 rings (SSSR count). The Morgan fingerprint density at radius 3 is 2.42 bits per heavy atom. The number of nitrogens with one attached hydrogen (secondary N) is 1.